The number of carbonyl (C=O) groups excluding carboxylic acids is 1. The van der Waals surface area contributed by atoms with Gasteiger partial charge in [-0.2, -0.15) is 0 Å². The number of hydrogen-bond donors (Lipinski definition) is 1. The van der Waals surface area contributed by atoms with Crippen LogP contribution in [0, 0.1) is 0 Å². The SMILES string of the molecule is CCN(CC)CCCCCNC(=O)CSC1CCCCC1Sc1cc(C(C)(C)C)cc(C(C)(C)C)c1. The van der Waals surface area contributed by atoms with E-state index in [4.69, 9.17) is 0 Å². The maximum atomic E-state index is 12.5. The standard InChI is InChI=1S/C31H54N2OS2/c1-9-33(10-2)19-15-11-14-18-32-29(34)23-35-27-16-12-13-17-28(27)36-26-21-24(30(3,4)5)20-25(22-26)31(6,7)8/h20-22,27-28H,9-19,23H2,1-8H3,(H,32,34). The molecule has 1 amide bonds. The van der Waals surface area contributed by atoms with Crippen LogP contribution in [0.5, 0.6) is 0 Å². The summed E-state index contributed by atoms with van der Waals surface area (Å²) in [7, 11) is 0. The van der Waals surface area contributed by atoms with E-state index < -0.39 is 0 Å². The Kier molecular flexibility index (Phi) is 13.2. The van der Waals surface area contributed by atoms with Crippen molar-refractivity contribution in [2.24, 2.45) is 0 Å². The molecular formula is C31H54N2OS2. The second kappa shape index (κ2) is 15.1. The minimum atomic E-state index is 0.140. The van der Waals surface area contributed by atoms with Crippen molar-refractivity contribution in [3.8, 4) is 0 Å². The van der Waals surface area contributed by atoms with Gasteiger partial charge in [0.2, 0.25) is 5.91 Å². The largest absolute Gasteiger partial charge is 0.355 e. The van der Waals surface area contributed by atoms with Gasteiger partial charge in [0, 0.05) is 21.9 Å². The molecule has 206 valence electrons. The molecule has 1 fully saturated rings. The zero-order valence-corrected chi connectivity index (χ0v) is 26.2. The molecule has 2 rings (SSSR count). The first-order valence-electron chi connectivity index (χ1n) is 14.4. The van der Waals surface area contributed by atoms with Crippen molar-refractivity contribution in [1.29, 1.82) is 0 Å². The number of amides is 1. The zero-order chi connectivity index (χ0) is 26.8. The van der Waals surface area contributed by atoms with E-state index in [1.807, 2.05) is 11.8 Å². The predicted molar refractivity (Wildman–Crippen MR) is 163 cm³/mol. The third-order valence-electron chi connectivity index (χ3n) is 7.36. The summed E-state index contributed by atoms with van der Waals surface area (Å²) >= 11 is 3.95. The molecule has 0 radical (unpaired) electrons. The van der Waals surface area contributed by atoms with Gasteiger partial charge < -0.3 is 10.2 Å². The third-order valence-corrected chi connectivity index (χ3v) is 10.3. The number of rotatable bonds is 13. The third kappa shape index (κ3) is 11.0. The van der Waals surface area contributed by atoms with Gasteiger partial charge in [-0.25, -0.2) is 0 Å². The Morgan fingerprint density at radius 3 is 2.03 bits per heavy atom. The lowest BCUT2D eigenvalue weighted by Crippen LogP contribution is -2.30. The summed E-state index contributed by atoms with van der Waals surface area (Å²) in [4.78, 5) is 16.4. The van der Waals surface area contributed by atoms with Crippen LogP contribution >= 0.6 is 23.5 Å². The molecule has 0 aromatic heterocycles. The fraction of sp³-hybridized carbons (Fsp3) is 0.774. The number of carbonyl (C=O) groups is 1. The van der Waals surface area contributed by atoms with Gasteiger partial charge in [-0.3, -0.25) is 4.79 Å². The monoisotopic (exact) mass is 534 g/mol. The van der Waals surface area contributed by atoms with Crippen LogP contribution in [0.1, 0.15) is 111 Å². The van der Waals surface area contributed by atoms with Crippen LogP contribution in [0.3, 0.4) is 0 Å². The molecule has 1 saturated carbocycles. The van der Waals surface area contributed by atoms with Crippen molar-refractivity contribution < 1.29 is 4.79 Å². The van der Waals surface area contributed by atoms with E-state index in [-0.39, 0.29) is 16.7 Å². The summed E-state index contributed by atoms with van der Waals surface area (Å²) in [6.07, 6.45) is 8.57. The van der Waals surface area contributed by atoms with Crippen LogP contribution in [0.15, 0.2) is 23.1 Å². The maximum Gasteiger partial charge on any atom is 0.230 e. The minimum absolute atomic E-state index is 0.140. The molecule has 0 saturated heterocycles. The Balaban J connectivity index is 1.87. The van der Waals surface area contributed by atoms with Crippen molar-refractivity contribution in [1.82, 2.24) is 10.2 Å². The van der Waals surface area contributed by atoms with Gasteiger partial charge in [-0.15, -0.1) is 23.5 Å². The summed E-state index contributed by atoms with van der Waals surface area (Å²) < 4.78 is 0. The predicted octanol–water partition coefficient (Wildman–Crippen LogP) is 8.05. The Morgan fingerprint density at radius 1 is 0.889 bits per heavy atom. The number of benzene rings is 1. The fourth-order valence-corrected chi connectivity index (χ4v) is 7.60. The van der Waals surface area contributed by atoms with E-state index in [2.05, 4.69) is 95.6 Å². The molecule has 1 aliphatic rings. The van der Waals surface area contributed by atoms with E-state index in [9.17, 15) is 4.79 Å². The number of thioether (sulfide) groups is 2. The molecule has 5 heteroatoms. The second-order valence-electron chi connectivity index (χ2n) is 12.5. The van der Waals surface area contributed by atoms with Crippen molar-refractivity contribution >= 4 is 29.4 Å². The number of hydrogen-bond acceptors (Lipinski definition) is 4. The molecule has 1 aromatic rings. The lowest BCUT2D eigenvalue weighted by Gasteiger charge is -2.32. The van der Waals surface area contributed by atoms with Crippen LogP contribution in [-0.2, 0) is 15.6 Å². The van der Waals surface area contributed by atoms with Crippen molar-refractivity contribution in [3.63, 3.8) is 0 Å². The van der Waals surface area contributed by atoms with E-state index in [0.29, 0.717) is 16.3 Å². The topological polar surface area (TPSA) is 32.3 Å². The number of nitrogens with one attached hydrogen (secondary N) is 1. The van der Waals surface area contributed by atoms with Gasteiger partial charge in [-0.1, -0.05) is 80.7 Å². The van der Waals surface area contributed by atoms with Gasteiger partial charge in [0.25, 0.3) is 0 Å². The zero-order valence-electron chi connectivity index (χ0n) is 24.5. The van der Waals surface area contributed by atoms with Crippen molar-refractivity contribution in [2.45, 2.75) is 127 Å². The average molecular weight is 535 g/mol. The Labute approximate surface area is 231 Å². The molecule has 1 aromatic carbocycles. The van der Waals surface area contributed by atoms with Crippen molar-refractivity contribution in [2.75, 3.05) is 31.9 Å². The highest BCUT2D eigenvalue weighted by Gasteiger charge is 2.28. The summed E-state index contributed by atoms with van der Waals surface area (Å²) in [6.45, 7) is 22.6. The Bertz CT molecular complexity index is 760. The first-order valence-corrected chi connectivity index (χ1v) is 16.3. The molecule has 1 aliphatic carbocycles. The molecule has 1 N–H and O–H groups in total. The molecule has 0 bridgehead atoms. The highest BCUT2D eigenvalue weighted by molar-refractivity contribution is 8.04. The molecule has 3 nitrogen and oxygen atoms in total. The highest BCUT2D eigenvalue weighted by atomic mass is 32.2. The normalized spacial score (nSPS) is 19.0. The summed E-state index contributed by atoms with van der Waals surface area (Å²) in [6, 6.07) is 7.25. The first-order chi connectivity index (χ1) is 16.9. The van der Waals surface area contributed by atoms with Crippen LogP contribution in [-0.4, -0.2) is 53.2 Å². The molecular weight excluding hydrogens is 480 g/mol. The van der Waals surface area contributed by atoms with E-state index in [1.165, 1.54) is 61.1 Å². The summed E-state index contributed by atoms with van der Waals surface area (Å²) in [5.74, 6) is 0.805. The van der Waals surface area contributed by atoms with Crippen LogP contribution < -0.4 is 5.32 Å². The van der Waals surface area contributed by atoms with Crippen LogP contribution in [0.25, 0.3) is 0 Å². The molecule has 2 unspecified atom stereocenters. The Morgan fingerprint density at radius 2 is 1.47 bits per heavy atom. The van der Waals surface area contributed by atoms with E-state index in [1.54, 1.807) is 0 Å². The van der Waals surface area contributed by atoms with Gasteiger partial charge in [0.05, 0.1) is 5.75 Å². The van der Waals surface area contributed by atoms with Gasteiger partial charge in [-0.05, 0) is 79.4 Å². The van der Waals surface area contributed by atoms with Crippen LogP contribution in [0.2, 0.25) is 0 Å². The first kappa shape index (κ1) is 31.6. The quantitative estimate of drug-likeness (QED) is 0.260. The van der Waals surface area contributed by atoms with Gasteiger partial charge >= 0.3 is 0 Å². The number of unbranched alkanes of at least 4 members (excludes halogenated alkanes) is 2. The molecule has 2 atom stereocenters. The smallest absolute Gasteiger partial charge is 0.230 e. The maximum absolute atomic E-state index is 12.5. The minimum Gasteiger partial charge on any atom is -0.355 e. The van der Waals surface area contributed by atoms with Crippen molar-refractivity contribution in [3.05, 3.63) is 29.3 Å². The van der Waals surface area contributed by atoms with Gasteiger partial charge in [0.15, 0.2) is 0 Å². The summed E-state index contributed by atoms with van der Waals surface area (Å²) in [5, 5.41) is 4.31. The second-order valence-corrected chi connectivity index (χ2v) is 15.0. The molecule has 0 spiro atoms. The molecule has 36 heavy (non-hydrogen) atoms. The average Bonchev–Trinajstić information content (AvgIpc) is 2.82. The molecule has 0 heterocycles. The number of nitrogens with zero attached hydrogens (tertiary/aromatic N) is 1. The van der Waals surface area contributed by atoms with Crippen LogP contribution in [0.4, 0.5) is 0 Å². The van der Waals surface area contributed by atoms with E-state index in [0.717, 1.165) is 26.1 Å². The lowest BCUT2D eigenvalue weighted by atomic mass is 9.81. The fourth-order valence-electron chi connectivity index (χ4n) is 4.73. The van der Waals surface area contributed by atoms with E-state index >= 15 is 0 Å². The summed E-state index contributed by atoms with van der Waals surface area (Å²) in [5.41, 5.74) is 3.13. The lowest BCUT2D eigenvalue weighted by molar-refractivity contribution is -0.118. The Hall–Kier alpha value is -0.650. The van der Waals surface area contributed by atoms with Gasteiger partial charge in [0.1, 0.15) is 0 Å². The molecule has 0 aliphatic heterocycles. The highest BCUT2D eigenvalue weighted by Crippen LogP contribution is 2.42.